The molecule has 0 fully saturated rings. The van der Waals surface area contributed by atoms with Crippen LogP contribution in [0.2, 0.25) is 0 Å². The maximum atomic E-state index is 12.8. The smallest absolute Gasteiger partial charge is 0.254 e. The van der Waals surface area contributed by atoms with Crippen molar-refractivity contribution in [3.63, 3.8) is 0 Å². The van der Waals surface area contributed by atoms with E-state index >= 15 is 0 Å². The number of benzene rings is 2. The van der Waals surface area contributed by atoms with E-state index in [9.17, 15) is 9.59 Å². The molecule has 5 nitrogen and oxygen atoms in total. The first-order valence-electron chi connectivity index (χ1n) is 8.23. The average Bonchev–Trinajstić information content (AvgIpc) is 3.04. The second-order valence-corrected chi connectivity index (χ2v) is 8.69. The van der Waals surface area contributed by atoms with Crippen molar-refractivity contribution in [2.24, 2.45) is 0 Å². The second kappa shape index (κ2) is 6.74. The lowest BCUT2D eigenvalue weighted by Gasteiger charge is -2.22. The molecule has 26 heavy (non-hydrogen) atoms. The number of aromatic nitrogens is 1. The Balaban J connectivity index is 1.53. The summed E-state index contributed by atoms with van der Waals surface area (Å²) >= 11 is 3.10. The van der Waals surface area contributed by atoms with Crippen LogP contribution in [0.3, 0.4) is 0 Å². The fourth-order valence-corrected chi connectivity index (χ4v) is 4.78. The fourth-order valence-electron chi connectivity index (χ4n) is 2.82. The van der Waals surface area contributed by atoms with Crippen molar-refractivity contribution in [2.75, 3.05) is 12.4 Å². The highest BCUT2D eigenvalue weighted by Gasteiger charge is 2.24. The highest BCUT2D eigenvalue weighted by Crippen LogP contribution is 2.36. The number of thiazole rings is 1. The van der Waals surface area contributed by atoms with E-state index in [-0.39, 0.29) is 17.1 Å². The van der Waals surface area contributed by atoms with Crippen LogP contribution in [0.1, 0.15) is 22.3 Å². The number of hydrogen-bond acceptors (Lipinski definition) is 5. The molecule has 0 saturated heterocycles. The normalized spacial score (nSPS) is 16.2. The van der Waals surface area contributed by atoms with Gasteiger partial charge in [0.15, 0.2) is 0 Å². The van der Waals surface area contributed by atoms with Gasteiger partial charge in [-0.3, -0.25) is 9.59 Å². The van der Waals surface area contributed by atoms with Gasteiger partial charge in [0.2, 0.25) is 5.91 Å². The molecule has 0 radical (unpaired) electrons. The van der Waals surface area contributed by atoms with Crippen LogP contribution in [-0.2, 0) is 11.3 Å². The number of anilines is 1. The maximum Gasteiger partial charge on any atom is 0.254 e. The minimum Gasteiger partial charge on any atom is -0.335 e. The molecular formula is C19H17N3O2S2. The predicted molar refractivity (Wildman–Crippen MR) is 106 cm³/mol. The standard InChI is InChI=1S/C19H17N3O2S2/c1-11-18(23)21-14-9-12(7-8-16(14)25-11)19(24)22(2)10-17-20-13-5-3-4-6-15(13)26-17/h3-9,11H,10H2,1-2H3,(H,21,23)/t11-/m1/s1. The van der Waals surface area contributed by atoms with Crippen LogP contribution in [0.15, 0.2) is 47.4 Å². The summed E-state index contributed by atoms with van der Waals surface area (Å²) in [7, 11) is 1.77. The number of hydrogen-bond donors (Lipinski definition) is 1. The minimum atomic E-state index is -0.120. The molecule has 0 unspecified atom stereocenters. The highest BCUT2D eigenvalue weighted by atomic mass is 32.2. The van der Waals surface area contributed by atoms with Crippen LogP contribution in [0, 0.1) is 0 Å². The van der Waals surface area contributed by atoms with Gasteiger partial charge in [-0.15, -0.1) is 23.1 Å². The topological polar surface area (TPSA) is 62.3 Å². The van der Waals surface area contributed by atoms with Crippen LogP contribution >= 0.6 is 23.1 Å². The van der Waals surface area contributed by atoms with Crippen molar-refractivity contribution in [3.8, 4) is 0 Å². The number of carbonyl (C=O) groups excluding carboxylic acids is 2. The van der Waals surface area contributed by atoms with Gasteiger partial charge in [-0.05, 0) is 37.3 Å². The predicted octanol–water partition coefficient (Wildman–Crippen LogP) is 4.00. The molecule has 3 aromatic rings. The fraction of sp³-hybridized carbons (Fsp3) is 0.211. The summed E-state index contributed by atoms with van der Waals surface area (Å²) in [5.41, 5.74) is 2.22. The van der Waals surface area contributed by atoms with Gasteiger partial charge in [0.25, 0.3) is 5.91 Å². The van der Waals surface area contributed by atoms with E-state index in [0.717, 1.165) is 20.1 Å². The number of nitrogens with one attached hydrogen (secondary N) is 1. The highest BCUT2D eigenvalue weighted by molar-refractivity contribution is 8.00. The molecule has 0 saturated carbocycles. The van der Waals surface area contributed by atoms with Crippen LogP contribution in [0.5, 0.6) is 0 Å². The van der Waals surface area contributed by atoms with Gasteiger partial charge in [0.05, 0.1) is 27.7 Å². The molecule has 1 aromatic heterocycles. The molecule has 1 aliphatic heterocycles. The van der Waals surface area contributed by atoms with Crippen LogP contribution in [0.25, 0.3) is 10.2 Å². The third-order valence-corrected chi connectivity index (χ3v) is 6.41. The zero-order valence-corrected chi connectivity index (χ0v) is 16.0. The van der Waals surface area contributed by atoms with Gasteiger partial charge in [-0.25, -0.2) is 4.98 Å². The minimum absolute atomic E-state index is 0.0325. The number of nitrogens with zero attached hydrogens (tertiary/aromatic N) is 2. The zero-order valence-electron chi connectivity index (χ0n) is 14.4. The molecule has 0 aliphatic carbocycles. The van der Waals surface area contributed by atoms with Crippen molar-refractivity contribution in [1.29, 1.82) is 0 Å². The summed E-state index contributed by atoms with van der Waals surface area (Å²) in [6.07, 6.45) is 0. The number of carbonyl (C=O) groups is 2. The SMILES string of the molecule is C[C@H]1Sc2ccc(C(=O)N(C)Cc3nc4ccccc4s3)cc2NC1=O. The zero-order chi connectivity index (χ0) is 18.3. The lowest BCUT2D eigenvalue weighted by Crippen LogP contribution is -2.28. The molecule has 0 spiro atoms. The molecule has 1 aliphatic rings. The first kappa shape index (κ1) is 17.1. The summed E-state index contributed by atoms with van der Waals surface area (Å²) in [6, 6.07) is 13.4. The van der Waals surface area contributed by atoms with Gasteiger partial charge < -0.3 is 10.2 Å². The summed E-state index contributed by atoms with van der Waals surface area (Å²) in [4.78, 5) is 31.9. The lowest BCUT2D eigenvalue weighted by atomic mass is 10.1. The van der Waals surface area contributed by atoms with Gasteiger partial charge in [0.1, 0.15) is 5.01 Å². The van der Waals surface area contributed by atoms with Gasteiger partial charge >= 0.3 is 0 Å². The van der Waals surface area contributed by atoms with Gasteiger partial charge in [-0.2, -0.15) is 0 Å². The Labute approximate surface area is 159 Å². The van der Waals surface area contributed by atoms with E-state index in [4.69, 9.17) is 0 Å². The Hall–Kier alpha value is -2.38. The van der Waals surface area contributed by atoms with Gasteiger partial charge in [0, 0.05) is 17.5 Å². The Morgan fingerprint density at radius 1 is 1.27 bits per heavy atom. The average molecular weight is 383 g/mol. The largest absolute Gasteiger partial charge is 0.335 e. The molecular weight excluding hydrogens is 366 g/mol. The van der Waals surface area contributed by atoms with Gasteiger partial charge in [-0.1, -0.05) is 12.1 Å². The van der Waals surface area contributed by atoms with E-state index < -0.39 is 0 Å². The molecule has 2 aromatic carbocycles. The molecule has 0 bridgehead atoms. The van der Waals surface area contributed by atoms with E-state index in [1.165, 1.54) is 11.8 Å². The Bertz CT molecular complexity index is 982. The number of fused-ring (bicyclic) bond motifs is 2. The van der Waals surface area contributed by atoms with Crippen LogP contribution < -0.4 is 5.32 Å². The third kappa shape index (κ3) is 3.20. The van der Waals surface area contributed by atoms with Crippen molar-refractivity contribution in [3.05, 3.63) is 53.0 Å². The summed E-state index contributed by atoms with van der Waals surface area (Å²) < 4.78 is 1.12. The maximum absolute atomic E-state index is 12.8. The van der Waals surface area contributed by atoms with Crippen LogP contribution in [0.4, 0.5) is 5.69 Å². The van der Waals surface area contributed by atoms with E-state index in [0.29, 0.717) is 17.8 Å². The van der Waals surface area contributed by atoms with Crippen molar-refractivity contribution in [1.82, 2.24) is 9.88 Å². The summed E-state index contributed by atoms with van der Waals surface area (Å²) in [5.74, 6) is -0.125. The molecule has 2 heterocycles. The number of thioether (sulfide) groups is 1. The molecule has 7 heteroatoms. The van der Waals surface area contributed by atoms with Crippen LogP contribution in [-0.4, -0.2) is 34.0 Å². The lowest BCUT2D eigenvalue weighted by molar-refractivity contribution is -0.115. The number of rotatable bonds is 3. The Morgan fingerprint density at radius 2 is 2.08 bits per heavy atom. The molecule has 1 atom stereocenters. The quantitative estimate of drug-likeness (QED) is 0.743. The number of amides is 2. The second-order valence-electron chi connectivity index (χ2n) is 6.20. The molecule has 1 N–H and O–H groups in total. The molecule has 4 rings (SSSR count). The van der Waals surface area contributed by atoms with Crippen molar-refractivity contribution < 1.29 is 9.59 Å². The molecule has 2 amide bonds. The monoisotopic (exact) mass is 383 g/mol. The first-order valence-corrected chi connectivity index (χ1v) is 9.92. The third-order valence-electron chi connectivity index (χ3n) is 4.21. The molecule has 132 valence electrons. The first-order chi connectivity index (χ1) is 12.5. The van der Waals surface area contributed by atoms with E-state index in [2.05, 4.69) is 10.3 Å². The Kier molecular flexibility index (Phi) is 4.42. The Morgan fingerprint density at radius 3 is 2.88 bits per heavy atom. The number of para-hydroxylation sites is 1. The summed E-state index contributed by atoms with van der Waals surface area (Å²) in [5, 5.41) is 3.65. The van der Waals surface area contributed by atoms with E-state index in [1.807, 2.05) is 43.3 Å². The van der Waals surface area contributed by atoms with E-state index in [1.54, 1.807) is 29.4 Å². The summed E-state index contributed by atoms with van der Waals surface area (Å²) in [6.45, 7) is 2.32. The van der Waals surface area contributed by atoms with Crippen molar-refractivity contribution in [2.45, 2.75) is 23.6 Å². The van der Waals surface area contributed by atoms with Crippen molar-refractivity contribution >= 4 is 50.8 Å².